The van der Waals surface area contributed by atoms with E-state index in [4.69, 9.17) is 9.47 Å². The molecular formula is C15H16N4O3. The molecule has 0 aliphatic rings. The highest BCUT2D eigenvalue weighted by atomic mass is 16.5. The maximum atomic E-state index is 11.9. The summed E-state index contributed by atoms with van der Waals surface area (Å²) in [6.07, 6.45) is 4.87. The minimum Gasteiger partial charge on any atom is -0.479 e. The Hall–Kier alpha value is -3.01. The van der Waals surface area contributed by atoms with Gasteiger partial charge in [0.1, 0.15) is 17.9 Å². The van der Waals surface area contributed by atoms with Crippen molar-refractivity contribution in [1.82, 2.24) is 20.1 Å². The molecular weight excluding hydrogens is 284 g/mol. The highest BCUT2D eigenvalue weighted by Crippen LogP contribution is 2.13. The van der Waals surface area contributed by atoms with E-state index < -0.39 is 0 Å². The van der Waals surface area contributed by atoms with Crippen molar-refractivity contribution in [1.29, 1.82) is 0 Å². The van der Waals surface area contributed by atoms with Crippen molar-refractivity contribution in [2.45, 2.75) is 0 Å². The predicted octanol–water partition coefficient (Wildman–Crippen LogP) is 0.636. The topological polar surface area (TPSA) is 78.3 Å². The van der Waals surface area contributed by atoms with Gasteiger partial charge in [-0.05, 0) is 12.1 Å². The van der Waals surface area contributed by atoms with Gasteiger partial charge in [0.05, 0.1) is 19.9 Å². The summed E-state index contributed by atoms with van der Waals surface area (Å²) < 4.78 is 11.9. The fraction of sp³-hybridized carbons (Fsp3) is 0.267. The molecule has 0 radical (unpaired) electrons. The number of aromatic nitrogens is 3. The van der Waals surface area contributed by atoms with Gasteiger partial charge in [-0.2, -0.15) is 0 Å². The molecule has 0 aliphatic heterocycles. The number of carbonyl (C=O) groups is 1. The summed E-state index contributed by atoms with van der Waals surface area (Å²) in [4.78, 5) is 15.9. The van der Waals surface area contributed by atoms with Gasteiger partial charge in [-0.1, -0.05) is 11.8 Å². The number of aryl methyl sites for hydroxylation is 1. The van der Waals surface area contributed by atoms with Gasteiger partial charge >= 0.3 is 0 Å². The first-order valence-electron chi connectivity index (χ1n) is 6.55. The Morgan fingerprint density at radius 1 is 1.45 bits per heavy atom. The number of nitrogens with zero attached hydrogens (tertiary/aromatic N) is 3. The molecule has 0 bridgehead atoms. The van der Waals surface area contributed by atoms with Gasteiger partial charge in [0.2, 0.25) is 5.88 Å². The molecule has 7 heteroatoms. The minimum absolute atomic E-state index is 0.216. The summed E-state index contributed by atoms with van der Waals surface area (Å²) >= 11 is 0. The number of carbonyl (C=O) groups excluding carboxylic acids is 1. The Balaban J connectivity index is 1.77. The Kier molecular flexibility index (Phi) is 5.37. The second-order valence-corrected chi connectivity index (χ2v) is 4.24. The van der Waals surface area contributed by atoms with Crippen LogP contribution in [0.2, 0.25) is 0 Å². The van der Waals surface area contributed by atoms with E-state index in [1.807, 2.05) is 0 Å². The molecule has 7 nitrogen and oxygen atoms in total. The van der Waals surface area contributed by atoms with Gasteiger partial charge in [0.15, 0.2) is 0 Å². The van der Waals surface area contributed by atoms with Gasteiger partial charge in [-0.15, -0.1) is 5.10 Å². The van der Waals surface area contributed by atoms with E-state index in [0.717, 1.165) is 0 Å². The van der Waals surface area contributed by atoms with E-state index in [-0.39, 0.29) is 24.9 Å². The Morgan fingerprint density at radius 2 is 2.32 bits per heavy atom. The van der Waals surface area contributed by atoms with Crippen molar-refractivity contribution in [3.05, 3.63) is 36.3 Å². The number of nitrogens with one attached hydrogen (secondary N) is 1. The molecule has 1 amide bonds. The smallest absolute Gasteiger partial charge is 0.259 e. The fourth-order valence-corrected chi connectivity index (χ4v) is 1.66. The van der Waals surface area contributed by atoms with E-state index in [9.17, 15) is 4.79 Å². The molecule has 114 valence electrons. The molecule has 0 aliphatic carbocycles. The van der Waals surface area contributed by atoms with Gasteiger partial charge in [-0.25, -0.2) is 0 Å². The number of pyridine rings is 1. The molecule has 0 aromatic carbocycles. The quantitative estimate of drug-likeness (QED) is 0.820. The molecule has 0 saturated heterocycles. The van der Waals surface area contributed by atoms with Crippen LogP contribution in [-0.4, -0.2) is 40.9 Å². The highest BCUT2D eigenvalue weighted by molar-refractivity contribution is 5.96. The monoisotopic (exact) mass is 300 g/mol. The van der Waals surface area contributed by atoms with Crippen molar-refractivity contribution in [2.24, 2.45) is 7.05 Å². The molecule has 2 aromatic heterocycles. The Morgan fingerprint density at radius 3 is 3.05 bits per heavy atom. The fourth-order valence-electron chi connectivity index (χ4n) is 1.66. The molecule has 0 fully saturated rings. The van der Waals surface area contributed by atoms with Crippen LogP contribution in [0.1, 0.15) is 10.4 Å². The first-order chi connectivity index (χ1) is 10.7. The predicted molar refractivity (Wildman–Crippen MR) is 79.6 cm³/mol. The lowest BCUT2D eigenvalue weighted by Crippen LogP contribution is -2.23. The SMILES string of the molecule is COc1nn(C)cc1C(=O)NCC#CCOc1cccnc1. The third kappa shape index (κ3) is 4.24. The minimum atomic E-state index is -0.285. The zero-order valence-electron chi connectivity index (χ0n) is 12.4. The molecule has 22 heavy (non-hydrogen) atoms. The lowest BCUT2D eigenvalue weighted by atomic mass is 10.3. The van der Waals surface area contributed by atoms with Gasteiger partial charge in [0, 0.05) is 19.4 Å². The lowest BCUT2D eigenvalue weighted by Gasteiger charge is -2.01. The van der Waals surface area contributed by atoms with Crippen molar-refractivity contribution in [3.63, 3.8) is 0 Å². The Bertz CT molecular complexity index is 686. The highest BCUT2D eigenvalue weighted by Gasteiger charge is 2.15. The number of methoxy groups -OCH3 is 1. The summed E-state index contributed by atoms with van der Waals surface area (Å²) in [5.74, 6) is 6.27. The summed E-state index contributed by atoms with van der Waals surface area (Å²) in [5.41, 5.74) is 0.374. The maximum Gasteiger partial charge on any atom is 0.259 e. The molecule has 0 saturated carbocycles. The van der Waals surface area contributed by atoms with Crippen molar-refractivity contribution in [3.8, 4) is 23.5 Å². The number of rotatable bonds is 5. The summed E-state index contributed by atoms with van der Waals surface area (Å²) in [6.45, 7) is 0.449. The van der Waals surface area contributed by atoms with E-state index in [2.05, 4.69) is 27.2 Å². The van der Waals surface area contributed by atoms with Gasteiger partial charge in [0.25, 0.3) is 5.91 Å². The molecule has 0 unspecified atom stereocenters. The maximum absolute atomic E-state index is 11.9. The first-order valence-corrected chi connectivity index (χ1v) is 6.55. The largest absolute Gasteiger partial charge is 0.479 e. The molecule has 1 N–H and O–H groups in total. The van der Waals surface area contributed by atoms with Gasteiger partial charge < -0.3 is 14.8 Å². The Labute approximate surface area is 128 Å². The van der Waals surface area contributed by atoms with Crippen LogP contribution in [0, 0.1) is 11.8 Å². The average molecular weight is 300 g/mol. The average Bonchev–Trinajstić information content (AvgIpc) is 2.92. The number of amides is 1. The molecule has 0 atom stereocenters. The lowest BCUT2D eigenvalue weighted by molar-refractivity contribution is 0.0955. The van der Waals surface area contributed by atoms with Crippen LogP contribution >= 0.6 is 0 Å². The van der Waals surface area contributed by atoms with Crippen LogP contribution < -0.4 is 14.8 Å². The first kappa shape index (κ1) is 15.4. The molecule has 0 spiro atoms. The number of ether oxygens (including phenoxy) is 2. The number of hydrogen-bond donors (Lipinski definition) is 1. The van der Waals surface area contributed by atoms with E-state index in [0.29, 0.717) is 11.3 Å². The molecule has 2 aromatic rings. The van der Waals surface area contributed by atoms with Crippen LogP contribution in [-0.2, 0) is 7.05 Å². The normalized spacial score (nSPS) is 9.55. The zero-order valence-corrected chi connectivity index (χ0v) is 12.4. The molecule has 2 heterocycles. The standard InChI is InChI=1S/C15H16N4O3/c1-19-11-13(15(18-19)21-2)14(20)17-8-3-4-9-22-12-6-5-7-16-10-12/h5-7,10-11H,8-9H2,1-2H3,(H,17,20). The van der Waals surface area contributed by atoms with Gasteiger partial charge in [-0.3, -0.25) is 14.5 Å². The third-order valence-electron chi connectivity index (χ3n) is 2.64. The summed E-state index contributed by atoms with van der Waals surface area (Å²) in [7, 11) is 3.18. The van der Waals surface area contributed by atoms with Crippen LogP contribution in [0.4, 0.5) is 0 Å². The van der Waals surface area contributed by atoms with Crippen LogP contribution in [0.25, 0.3) is 0 Å². The van der Waals surface area contributed by atoms with E-state index >= 15 is 0 Å². The van der Waals surface area contributed by atoms with Crippen LogP contribution in [0.5, 0.6) is 11.6 Å². The molecule has 2 rings (SSSR count). The zero-order chi connectivity index (χ0) is 15.8. The van der Waals surface area contributed by atoms with Crippen molar-refractivity contribution < 1.29 is 14.3 Å². The van der Waals surface area contributed by atoms with Crippen molar-refractivity contribution >= 4 is 5.91 Å². The van der Waals surface area contributed by atoms with Crippen molar-refractivity contribution in [2.75, 3.05) is 20.3 Å². The summed E-state index contributed by atoms with van der Waals surface area (Å²) in [6, 6.07) is 3.58. The second-order valence-electron chi connectivity index (χ2n) is 4.24. The van der Waals surface area contributed by atoms with E-state index in [1.165, 1.54) is 11.8 Å². The number of hydrogen-bond acceptors (Lipinski definition) is 5. The van der Waals surface area contributed by atoms with Crippen LogP contribution in [0.3, 0.4) is 0 Å². The summed E-state index contributed by atoms with van der Waals surface area (Å²) in [5, 5.41) is 6.69. The van der Waals surface area contributed by atoms with E-state index in [1.54, 1.807) is 37.8 Å². The third-order valence-corrected chi connectivity index (χ3v) is 2.64. The second kappa shape index (κ2) is 7.69. The van der Waals surface area contributed by atoms with Crippen LogP contribution in [0.15, 0.2) is 30.7 Å².